The van der Waals surface area contributed by atoms with Crippen LogP contribution in [-0.4, -0.2) is 49.1 Å². The lowest BCUT2D eigenvalue weighted by atomic mass is 10.3. The highest BCUT2D eigenvalue weighted by molar-refractivity contribution is 7.22. The highest BCUT2D eigenvalue weighted by Gasteiger charge is 2.18. The van der Waals surface area contributed by atoms with Crippen LogP contribution in [0.4, 0.5) is 5.13 Å². The monoisotopic (exact) mass is 307 g/mol. The molecule has 112 valence electrons. The maximum Gasteiger partial charge on any atom is 0.243 e. The average molecular weight is 307 g/mol. The first-order valence-electron chi connectivity index (χ1n) is 6.72. The Labute approximate surface area is 126 Å². The van der Waals surface area contributed by atoms with Crippen molar-refractivity contribution in [2.75, 3.05) is 32.6 Å². The van der Waals surface area contributed by atoms with Gasteiger partial charge in [-0.3, -0.25) is 9.69 Å². The number of nitrogens with one attached hydrogen (secondary N) is 1. The molecule has 2 aromatic rings. The largest absolute Gasteiger partial charge is 0.486 e. The fourth-order valence-electron chi connectivity index (χ4n) is 1.96. The number of hydrogen-bond donors (Lipinski definition) is 1. The zero-order valence-corrected chi connectivity index (χ0v) is 13.0. The predicted octanol–water partition coefficient (Wildman–Crippen LogP) is 1.96. The van der Waals surface area contributed by atoms with Crippen LogP contribution in [0.25, 0.3) is 10.2 Å². The number of ether oxygens (including phenoxy) is 2. The molecule has 0 radical (unpaired) electrons. The summed E-state index contributed by atoms with van der Waals surface area (Å²) in [5.41, 5.74) is 0.803. The highest BCUT2D eigenvalue weighted by Crippen LogP contribution is 2.37. The molecule has 1 aromatic carbocycles. The lowest BCUT2D eigenvalue weighted by molar-refractivity contribution is -0.119. The predicted molar refractivity (Wildman–Crippen MR) is 82.4 cm³/mol. The van der Waals surface area contributed by atoms with Gasteiger partial charge in [0.2, 0.25) is 5.91 Å². The molecule has 21 heavy (non-hydrogen) atoms. The van der Waals surface area contributed by atoms with Crippen molar-refractivity contribution in [3.05, 3.63) is 12.1 Å². The van der Waals surface area contributed by atoms with Crippen LogP contribution in [0.5, 0.6) is 11.5 Å². The lowest BCUT2D eigenvalue weighted by Gasteiger charge is -2.17. The van der Waals surface area contributed by atoms with Crippen molar-refractivity contribution < 1.29 is 14.3 Å². The Kier molecular flexibility index (Phi) is 3.69. The number of nitrogens with zero attached hydrogens (tertiary/aromatic N) is 2. The van der Waals surface area contributed by atoms with E-state index in [-0.39, 0.29) is 11.9 Å². The molecule has 0 aliphatic carbocycles. The molecule has 3 rings (SSSR count). The number of amides is 1. The number of hydrogen-bond acceptors (Lipinski definition) is 6. The van der Waals surface area contributed by atoms with Gasteiger partial charge in [0, 0.05) is 12.1 Å². The maximum absolute atomic E-state index is 12.1. The Morgan fingerprint density at radius 1 is 1.33 bits per heavy atom. The number of fused-ring (bicyclic) bond motifs is 2. The van der Waals surface area contributed by atoms with Crippen LogP contribution in [0.2, 0.25) is 0 Å². The van der Waals surface area contributed by atoms with Crippen molar-refractivity contribution >= 4 is 32.6 Å². The first-order chi connectivity index (χ1) is 10.0. The van der Waals surface area contributed by atoms with Gasteiger partial charge in [-0.2, -0.15) is 0 Å². The van der Waals surface area contributed by atoms with Crippen LogP contribution < -0.4 is 14.8 Å². The molecule has 0 saturated carbocycles. The van der Waals surface area contributed by atoms with E-state index < -0.39 is 0 Å². The Bertz CT molecular complexity index is 640. The van der Waals surface area contributed by atoms with Crippen molar-refractivity contribution in [3.63, 3.8) is 0 Å². The molecule has 0 unspecified atom stereocenters. The van der Waals surface area contributed by atoms with Gasteiger partial charge in [0.05, 0.1) is 16.3 Å². The molecule has 0 spiro atoms. The molecule has 0 saturated heterocycles. The maximum atomic E-state index is 12.1. The zero-order valence-electron chi connectivity index (χ0n) is 12.2. The number of likely N-dealkylation sites (N-methyl/N-ethyl adjacent to an activating group) is 1. The molecular formula is C14H17N3O3S. The first-order valence-corrected chi connectivity index (χ1v) is 7.54. The van der Waals surface area contributed by atoms with Crippen LogP contribution in [0.3, 0.4) is 0 Å². The molecule has 1 N–H and O–H groups in total. The third-order valence-electron chi connectivity index (χ3n) is 3.44. The standard InChI is InChI=1S/C14H17N3O3S/c1-8(17(2)3)13(18)16-14-15-9-6-10-11(7-12(9)21-14)20-5-4-19-10/h6-8H,4-5H2,1-3H3,(H,15,16,18)/t8-/m1/s1. The van der Waals surface area contributed by atoms with Crippen LogP contribution in [-0.2, 0) is 4.79 Å². The van der Waals surface area contributed by atoms with E-state index in [0.29, 0.717) is 24.1 Å². The summed E-state index contributed by atoms with van der Waals surface area (Å²) in [4.78, 5) is 18.3. The Balaban J connectivity index is 1.86. The summed E-state index contributed by atoms with van der Waals surface area (Å²) in [6, 6.07) is 3.55. The van der Waals surface area contributed by atoms with Gasteiger partial charge in [0.1, 0.15) is 13.2 Å². The second-order valence-electron chi connectivity index (χ2n) is 5.11. The summed E-state index contributed by atoms with van der Waals surface area (Å²) in [6.45, 7) is 2.96. The summed E-state index contributed by atoms with van der Waals surface area (Å²) < 4.78 is 12.1. The van der Waals surface area contributed by atoms with E-state index in [1.807, 2.05) is 38.1 Å². The molecule has 1 aliphatic rings. The van der Waals surface area contributed by atoms with E-state index in [1.54, 1.807) is 0 Å². The van der Waals surface area contributed by atoms with Gasteiger partial charge in [-0.15, -0.1) is 0 Å². The summed E-state index contributed by atoms with van der Waals surface area (Å²) in [5, 5.41) is 3.44. The van der Waals surface area contributed by atoms with Crippen LogP contribution in [0.1, 0.15) is 6.92 Å². The van der Waals surface area contributed by atoms with Gasteiger partial charge < -0.3 is 14.8 Å². The number of anilines is 1. The highest BCUT2D eigenvalue weighted by atomic mass is 32.1. The van der Waals surface area contributed by atoms with Gasteiger partial charge in [-0.1, -0.05) is 11.3 Å². The van der Waals surface area contributed by atoms with Crippen LogP contribution in [0, 0.1) is 0 Å². The molecule has 2 heterocycles. The average Bonchev–Trinajstić information content (AvgIpc) is 2.84. The fraction of sp³-hybridized carbons (Fsp3) is 0.429. The van der Waals surface area contributed by atoms with Crippen molar-refractivity contribution in [3.8, 4) is 11.5 Å². The van der Waals surface area contributed by atoms with E-state index in [9.17, 15) is 4.79 Å². The topological polar surface area (TPSA) is 63.7 Å². The minimum absolute atomic E-state index is 0.0729. The quantitative estimate of drug-likeness (QED) is 0.939. The minimum atomic E-state index is -0.211. The molecule has 7 heteroatoms. The molecule has 0 bridgehead atoms. The number of benzene rings is 1. The number of aromatic nitrogens is 1. The van der Waals surface area contributed by atoms with E-state index in [1.165, 1.54) is 11.3 Å². The van der Waals surface area contributed by atoms with Crippen LogP contribution >= 0.6 is 11.3 Å². The normalized spacial score (nSPS) is 15.2. The zero-order chi connectivity index (χ0) is 15.0. The Morgan fingerprint density at radius 3 is 2.67 bits per heavy atom. The van der Waals surface area contributed by atoms with E-state index in [2.05, 4.69) is 10.3 Å². The first kappa shape index (κ1) is 14.1. The fourth-order valence-corrected chi connectivity index (χ4v) is 2.84. The van der Waals surface area contributed by atoms with E-state index in [4.69, 9.17) is 9.47 Å². The Hall–Kier alpha value is -1.86. The number of carbonyl (C=O) groups is 1. The van der Waals surface area contributed by atoms with E-state index in [0.717, 1.165) is 16.0 Å². The van der Waals surface area contributed by atoms with Gasteiger partial charge in [0.25, 0.3) is 0 Å². The van der Waals surface area contributed by atoms with Gasteiger partial charge in [0.15, 0.2) is 16.6 Å². The number of thiazole rings is 1. The minimum Gasteiger partial charge on any atom is -0.486 e. The Morgan fingerprint density at radius 2 is 2.00 bits per heavy atom. The second kappa shape index (κ2) is 5.50. The molecule has 6 nitrogen and oxygen atoms in total. The van der Waals surface area contributed by atoms with E-state index >= 15 is 0 Å². The third-order valence-corrected chi connectivity index (χ3v) is 4.37. The molecular weight excluding hydrogens is 290 g/mol. The van der Waals surface area contributed by atoms with Gasteiger partial charge in [-0.25, -0.2) is 4.98 Å². The van der Waals surface area contributed by atoms with Gasteiger partial charge in [-0.05, 0) is 21.0 Å². The molecule has 1 aliphatic heterocycles. The lowest BCUT2D eigenvalue weighted by Crippen LogP contribution is -2.37. The van der Waals surface area contributed by atoms with Gasteiger partial charge >= 0.3 is 0 Å². The molecule has 1 atom stereocenters. The molecule has 1 amide bonds. The summed E-state index contributed by atoms with van der Waals surface area (Å²) in [7, 11) is 3.73. The SMILES string of the molecule is C[C@H](C(=O)Nc1nc2cc3c(cc2s1)OCCO3)N(C)C. The number of carbonyl (C=O) groups excluding carboxylic acids is 1. The molecule has 0 fully saturated rings. The number of rotatable bonds is 3. The van der Waals surface area contributed by atoms with Crippen molar-refractivity contribution in [2.45, 2.75) is 13.0 Å². The van der Waals surface area contributed by atoms with Crippen molar-refractivity contribution in [1.29, 1.82) is 0 Å². The smallest absolute Gasteiger partial charge is 0.243 e. The summed E-state index contributed by atoms with van der Waals surface area (Å²) in [6.07, 6.45) is 0. The van der Waals surface area contributed by atoms with Crippen molar-refractivity contribution in [1.82, 2.24) is 9.88 Å². The summed E-state index contributed by atoms with van der Waals surface area (Å²) in [5.74, 6) is 1.37. The van der Waals surface area contributed by atoms with Crippen molar-refractivity contribution in [2.24, 2.45) is 0 Å². The van der Waals surface area contributed by atoms with Crippen LogP contribution in [0.15, 0.2) is 12.1 Å². The molecule has 1 aromatic heterocycles. The second-order valence-corrected chi connectivity index (χ2v) is 6.14. The third kappa shape index (κ3) is 2.79. The summed E-state index contributed by atoms with van der Waals surface area (Å²) >= 11 is 1.43.